The molecule has 116 valence electrons. The largest absolute Gasteiger partial charge is 0.253 e. The van der Waals surface area contributed by atoms with Gasteiger partial charge in [0.1, 0.15) is 0 Å². The van der Waals surface area contributed by atoms with Crippen LogP contribution in [0.1, 0.15) is 11.3 Å². The number of aryl methyl sites for hydroxylation is 2. The summed E-state index contributed by atoms with van der Waals surface area (Å²) >= 11 is 0. The zero-order valence-electron chi connectivity index (χ0n) is 13.5. The van der Waals surface area contributed by atoms with Crippen LogP contribution in [0.25, 0.3) is 22.0 Å². The van der Waals surface area contributed by atoms with Gasteiger partial charge in [0.15, 0.2) is 0 Å². The fourth-order valence-electron chi connectivity index (χ4n) is 3.13. The number of hydrogen-bond acceptors (Lipinski definition) is 1. The molecule has 0 aliphatic carbocycles. The highest BCUT2D eigenvalue weighted by atomic mass is 14.7. The molecule has 0 aliphatic heterocycles. The highest BCUT2D eigenvalue weighted by Gasteiger charge is 2.07. The number of fused-ring (bicyclic) bond motifs is 1. The SMILES string of the molecule is c1ccc(CCc2cc(-c3ccccc3)c3ccccc3n2)cc1. The first-order valence-electron chi connectivity index (χ1n) is 8.38. The summed E-state index contributed by atoms with van der Waals surface area (Å²) in [6.07, 6.45) is 1.97. The fourth-order valence-corrected chi connectivity index (χ4v) is 3.13. The molecule has 0 bridgehead atoms. The molecule has 4 rings (SSSR count). The second-order valence-corrected chi connectivity index (χ2v) is 6.03. The van der Waals surface area contributed by atoms with Crippen molar-refractivity contribution in [1.82, 2.24) is 4.98 Å². The standard InChI is InChI=1S/C23H19N/c1-3-9-18(10-4-1)15-16-20-17-22(19-11-5-2-6-12-19)21-13-7-8-14-23(21)24-20/h1-14,17H,15-16H2. The Morgan fingerprint density at radius 2 is 1.29 bits per heavy atom. The molecule has 1 heteroatoms. The quantitative estimate of drug-likeness (QED) is 0.472. The van der Waals surface area contributed by atoms with Crippen molar-refractivity contribution in [2.75, 3.05) is 0 Å². The Balaban J connectivity index is 1.74. The van der Waals surface area contributed by atoms with Crippen LogP contribution in [0.5, 0.6) is 0 Å². The molecule has 1 heterocycles. The molecule has 0 spiro atoms. The van der Waals surface area contributed by atoms with Gasteiger partial charge in [-0.15, -0.1) is 0 Å². The number of pyridine rings is 1. The van der Waals surface area contributed by atoms with Crippen molar-refractivity contribution in [2.24, 2.45) is 0 Å². The summed E-state index contributed by atoms with van der Waals surface area (Å²) in [5, 5.41) is 1.21. The van der Waals surface area contributed by atoms with Crippen LogP contribution in [0.15, 0.2) is 91.0 Å². The van der Waals surface area contributed by atoms with E-state index in [4.69, 9.17) is 4.98 Å². The molecule has 0 radical (unpaired) electrons. The van der Waals surface area contributed by atoms with Crippen LogP contribution >= 0.6 is 0 Å². The Labute approximate surface area is 142 Å². The van der Waals surface area contributed by atoms with Crippen LogP contribution in [-0.2, 0) is 12.8 Å². The van der Waals surface area contributed by atoms with Crippen molar-refractivity contribution >= 4 is 10.9 Å². The van der Waals surface area contributed by atoms with Crippen molar-refractivity contribution in [2.45, 2.75) is 12.8 Å². The van der Waals surface area contributed by atoms with Crippen molar-refractivity contribution in [3.05, 3.63) is 102 Å². The van der Waals surface area contributed by atoms with Crippen LogP contribution in [0, 0.1) is 0 Å². The maximum atomic E-state index is 4.88. The third-order valence-corrected chi connectivity index (χ3v) is 4.37. The van der Waals surface area contributed by atoms with Gasteiger partial charge in [-0.2, -0.15) is 0 Å². The first-order chi connectivity index (χ1) is 11.9. The van der Waals surface area contributed by atoms with Crippen LogP contribution in [0.4, 0.5) is 0 Å². The van der Waals surface area contributed by atoms with E-state index in [1.807, 2.05) is 0 Å². The minimum Gasteiger partial charge on any atom is -0.253 e. The van der Waals surface area contributed by atoms with E-state index in [1.54, 1.807) is 0 Å². The molecule has 1 aromatic heterocycles. The molecule has 0 aliphatic rings. The maximum absolute atomic E-state index is 4.88. The van der Waals surface area contributed by atoms with E-state index in [1.165, 1.54) is 22.1 Å². The van der Waals surface area contributed by atoms with E-state index < -0.39 is 0 Å². The first-order valence-corrected chi connectivity index (χ1v) is 8.38. The number of aromatic nitrogens is 1. The zero-order valence-corrected chi connectivity index (χ0v) is 13.5. The third kappa shape index (κ3) is 3.07. The molecule has 0 saturated carbocycles. The molecule has 1 nitrogen and oxygen atoms in total. The lowest BCUT2D eigenvalue weighted by atomic mass is 9.98. The van der Waals surface area contributed by atoms with Crippen LogP contribution in [-0.4, -0.2) is 4.98 Å². The summed E-state index contributed by atoms with van der Waals surface area (Å²) in [5.74, 6) is 0. The summed E-state index contributed by atoms with van der Waals surface area (Å²) in [6, 6.07) is 31.9. The minimum absolute atomic E-state index is 0.953. The number of benzene rings is 3. The number of para-hydroxylation sites is 1. The molecule has 24 heavy (non-hydrogen) atoms. The summed E-state index contributed by atoms with van der Waals surface area (Å²) in [6.45, 7) is 0. The normalized spacial score (nSPS) is 10.8. The number of hydrogen-bond donors (Lipinski definition) is 0. The molecule has 4 aromatic rings. The van der Waals surface area contributed by atoms with Gasteiger partial charge in [-0.05, 0) is 41.7 Å². The fraction of sp³-hybridized carbons (Fsp3) is 0.0870. The van der Waals surface area contributed by atoms with E-state index in [0.29, 0.717) is 0 Å². The monoisotopic (exact) mass is 309 g/mol. The van der Waals surface area contributed by atoms with Gasteiger partial charge < -0.3 is 0 Å². The van der Waals surface area contributed by atoms with Gasteiger partial charge in [0.25, 0.3) is 0 Å². The average molecular weight is 309 g/mol. The van der Waals surface area contributed by atoms with Crippen LogP contribution < -0.4 is 0 Å². The van der Waals surface area contributed by atoms with E-state index in [0.717, 1.165) is 24.1 Å². The van der Waals surface area contributed by atoms with Gasteiger partial charge in [0.2, 0.25) is 0 Å². The lowest BCUT2D eigenvalue weighted by Crippen LogP contribution is -1.96. The smallest absolute Gasteiger partial charge is 0.0711 e. The molecular weight excluding hydrogens is 290 g/mol. The minimum atomic E-state index is 0.953. The maximum Gasteiger partial charge on any atom is 0.0711 e. The lowest BCUT2D eigenvalue weighted by molar-refractivity contribution is 0.923. The molecule has 0 atom stereocenters. The van der Waals surface area contributed by atoms with Gasteiger partial charge in [0, 0.05) is 11.1 Å². The molecule has 0 saturated heterocycles. The van der Waals surface area contributed by atoms with Crippen LogP contribution in [0.3, 0.4) is 0 Å². The molecule has 0 unspecified atom stereocenters. The van der Waals surface area contributed by atoms with Gasteiger partial charge in [-0.3, -0.25) is 4.98 Å². The highest BCUT2D eigenvalue weighted by Crippen LogP contribution is 2.28. The zero-order chi connectivity index (χ0) is 16.2. The predicted molar refractivity (Wildman–Crippen MR) is 101 cm³/mol. The molecule has 3 aromatic carbocycles. The van der Waals surface area contributed by atoms with Crippen molar-refractivity contribution in [1.29, 1.82) is 0 Å². The van der Waals surface area contributed by atoms with Crippen LogP contribution in [0.2, 0.25) is 0 Å². The second kappa shape index (κ2) is 6.67. The second-order valence-electron chi connectivity index (χ2n) is 6.03. The summed E-state index contributed by atoms with van der Waals surface area (Å²) in [7, 11) is 0. The van der Waals surface area contributed by atoms with E-state index in [2.05, 4.69) is 91.0 Å². The van der Waals surface area contributed by atoms with Gasteiger partial charge in [-0.25, -0.2) is 0 Å². The van der Waals surface area contributed by atoms with E-state index >= 15 is 0 Å². The van der Waals surface area contributed by atoms with E-state index in [9.17, 15) is 0 Å². The molecule has 0 N–H and O–H groups in total. The Hall–Kier alpha value is -2.93. The molecule has 0 fully saturated rings. The van der Waals surface area contributed by atoms with Crippen molar-refractivity contribution < 1.29 is 0 Å². The average Bonchev–Trinajstić information content (AvgIpc) is 2.67. The van der Waals surface area contributed by atoms with Gasteiger partial charge >= 0.3 is 0 Å². The number of rotatable bonds is 4. The highest BCUT2D eigenvalue weighted by molar-refractivity contribution is 5.94. The Morgan fingerprint density at radius 3 is 2.08 bits per heavy atom. The summed E-state index contributed by atoms with van der Waals surface area (Å²) in [5.41, 5.74) is 6.09. The summed E-state index contributed by atoms with van der Waals surface area (Å²) < 4.78 is 0. The first kappa shape index (κ1) is 14.6. The van der Waals surface area contributed by atoms with Crippen molar-refractivity contribution in [3.63, 3.8) is 0 Å². The number of nitrogens with zero attached hydrogens (tertiary/aromatic N) is 1. The Morgan fingerprint density at radius 1 is 0.625 bits per heavy atom. The predicted octanol–water partition coefficient (Wildman–Crippen LogP) is 5.69. The summed E-state index contributed by atoms with van der Waals surface area (Å²) in [4.78, 5) is 4.88. The van der Waals surface area contributed by atoms with Crippen molar-refractivity contribution in [3.8, 4) is 11.1 Å². The molecular formula is C23H19N. The van der Waals surface area contributed by atoms with Gasteiger partial charge in [-0.1, -0.05) is 78.9 Å². The van der Waals surface area contributed by atoms with Gasteiger partial charge in [0.05, 0.1) is 5.52 Å². The Bertz CT molecular complexity index is 943. The Kier molecular flexibility index (Phi) is 4.07. The molecule has 0 amide bonds. The van der Waals surface area contributed by atoms with E-state index in [-0.39, 0.29) is 0 Å². The lowest BCUT2D eigenvalue weighted by Gasteiger charge is -2.10. The topological polar surface area (TPSA) is 12.9 Å². The third-order valence-electron chi connectivity index (χ3n) is 4.37.